The molecule has 1 aromatic carbocycles. The van der Waals surface area contributed by atoms with Gasteiger partial charge in [0.05, 0.1) is 54.2 Å². The number of carbonyl (C=O) groups excluding carboxylic acids is 1. The van der Waals surface area contributed by atoms with Crippen molar-refractivity contribution in [2.45, 2.75) is 13.2 Å². The molecule has 39 heavy (non-hydrogen) atoms. The molecule has 4 heterocycles. The third-order valence-electron chi connectivity index (χ3n) is 6.14. The van der Waals surface area contributed by atoms with E-state index >= 15 is 0 Å². The minimum Gasteiger partial charge on any atom is -0.383 e. The molecule has 1 amide bonds. The molecule has 12 heteroatoms. The monoisotopic (exact) mass is 533 g/mol. The maximum atomic E-state index is 13.7. The van der Waals surface area contributed by atoms with Crippen LogP contribution in [0.4, 0.5) is 16.0 Å². The number of aromatic amines is 1. The minimum absolute atomic E-state index is 0.130. The van der Waals surface area contributed by atoms with Crippen molar-refractivity contribution in [2.24, 2.45) is 5.41 Å². The zero-order chi connectivity index (χ0) is 27.2. The van der Waals surface area contributed by atoms with Gasteiger partial charge in [-0.2, -0.15) is 0 Å². The van der Waals surface area contributed by atoms with Gasteiger partial charge in [0.15, 0.2) is 5.82 Å². The van der Waals surface area contributed by atoms with Gasteiger partial charge in [-0.25, -0.2) is 19.3 Å². The predicted octanol–water partition coefficient (Wildman–Crippen LogP) is 3.63. The number of rotatable bonds is 9. The first-order valence-electron chi connectivity index (χ1n) is 12.3. The Labute approximate surface area is 224 Å². The van der Waals surface area contributed by atoms with Crippen LogP contribution in [0.2, 0.25) is 0 Å². The molecule has 3 aromatic heterocycles. The van der Waals surface area contributed by atoms with E-state index in [1.54, 1.807) is 56.9 Å². The molecule has 1 fully saturated rings. The lowest BCUT2D eigenvalue weighted by Gasteiger charge is -2.35. The summed E-state index contributed by atoms with van der Waals surface area (Å²) >= 11 is 0. The largest absolute Gasteiger partial charge is 0.383 e. The van der Waals surface area contributed by atoms with Crippen LogP contribution in [0, 0.1) is 11.2 Å². The number of nitrogens with one attached hydrogen (secondary N) is 3. The Hall–Kier alpha value is -4.26. The number of carbonyl (C=O) groups is 1. The third kappa shape index (κ3) is 6.08. The van der Waals surface area contributed by atoms with Gasteiger partial charge in [-0.3, -0.25) is 9.78 Å². The van der Waals surface area contributed by atoms with Gasteiger partial charge in [0.25, 0.3) is 0 Å². The van der Waals surface area contributed by atoms with Gasteiger partial charge in [0.2, 0.25) is 18.1 Å². The molecule has 0 radical (unpaired) electrons. The highest BCUT2D eigenvalue weighted by Gasteiger charge is 2.40. The zero-order valence-corrected chi connectivity index (χ0v) is 21.5. The Kier molecular flexibility index (Phi) is 7.87. The number of benzene rings is 1. The molecule has 0 unspecified atom stereocenters. The van der Waals surface area contributed by atoms with Crippen molar-refractivity contribution >= 4 is 17.5 Å². The Morgan fingerprint density at radius 1 is 1.15 bits per heavy atom. The highest BCUT2D eigenvalue weighted by atomic mass is 19.1. The van der Waals surface area contributed by atoms with Crippen molar-refractivity contribution in [1.29, 1.82) is 0 Å². The van der Waals surface area contributed by atoms with E-state index in [4.69, 9.17) is 19.2 Å². The summed E-state index contributed by atoms with van der Waals surface area (Å²) in [7, 11) is 1.57. The van der Waals surface area contributed by atoms with E-state index < -0.39 is 11.7 Å². The topological polar surface area (TPSA) is 136 Å². The summed E-state index contributed by atoms with van der Waals surface area (Å²) in [5, 5.41) is 5.95. The second kappa shape index (κ2) is 11.6. The number of hydrogen-bond acceptors (Lipinski definition) is 9. The van der Waals surface area contributed by atoms with E-state index in [2.05, 4.69) is 30.6 Å². The molecule has 0 aliphatic carbocycles. The average Bonchev–Trinajstić information content (AvgIpc) is 3.40. The molecular weight excluding hydrogens is 505 g/mol. The summed E-state index contributed by atoms with van der Waals surface area (Å²) in [5.41, 5.74) is 2.20. The van der Waals surface area contributed by atoms with Crippen LogP contribution in [-0.4, -0.2) is 64.3 Å². The van der Waals surface area contributed by atoms with Crippen molar-refractivity contribution in [1.82, 2.24) is 30.2 Å². The van der Waals surface area contributed by atoms with Crippen LogP contribution in [0.25, 0.3) is 22.6 Å². The first-order chi connectivity index (χ1) is 18.9. The SMILES string of the molecule is COCCNC(=O)C1(C)COC(c2nc(-c3ccc(F)cc3)c(-c3ccnc(Nc4cccnc4)n3)[nH]2)OC1. The number of methoxy groups -OCH3 is 1. The highest BCUT2D eigenvalue weighted by Crippen LogP contribution is 2.35. The molecule has 1 saturated heterocycles. The molecule has 11 nitrogen and oxygen atoms in total. The lowest BCUT2D eigenvalue weighted by Crippen LogP contribution is -2.49. The number of hydrogen-bond donors (Lipinski definition) is 3. The zero-order valence-electron chi connectivity index (χ0n) is 21.5. The van der Waals surface area contributed by atoms with E-state index in [9.17, 15) is 9.18 Å². The van der Waals surface area contributed by atoms with E-state index in [0.29, 0.717) is 47.6 Å². The van der Waals surface area contributed by atoms with Crippen molar-refractivity contribution in [3.8, 4) is 22.6 Å². The lowest BCUT2D eigenvalue weighted by atomic mass is 9.91. The fourth-order valence-corrected chi connectivity index (χ4v) is 4.01. The standard InChI is InChI=1S/C27H28FN7O4/c1-27(25(36)30-12-13-37-2)15-38-24(39-16-27)23-34-21(17-5-7-18(28)8-6-17)22(35-23)20-9-11-31-26(33-20)32-19-4-3-10-29-14-19/h3-11,14,24H,12-13,15-16H2,1-2H3,(H,30,36)(H,34,35)(H,31,32,33). The van der Waals surface area contributed by atoms with E-state index in [0.717, 1.165) is 5.69 Å². The molecule has 0 atom stereocenters. The highest BCUT2D eigenvalue weighted by molar-refractivity contribution is 5.82. The van der Waals surface area contributed by atoms with Gasteiger partial charge in [-0.05, 0) is 49.4 Å². The van der Waals surface area contributed by atoms with Crippen LogP contribution in [0.1, 0.15) is 19.0 Å². The van der Waals surface area contributed by atoms with E-state index in [-0.39, 0.29) is 24.9 Å². The summed E-state index contributed by atoms with van der Waals surface area (Å²) in [5.74, 6) is 0.219. The van der Waals surface area contributed by atoms with E-state index in [1.807, 2.05) is 6.07 Å². The molecule has 0 saturated carbocycles. The van der Waals surface area contributed by atoms with Crippen molar-refractivity contribution in [2.75, 3.05) is 38.8 Å². The number of anilines is 2. The Bertz CT molecular complexity index is 1410. The predicted molar refractivity (Wildman–Crippen MR) is 140 cm³/mol. The molecule has 1 aliphatic rings. The molecule has 0 spiro atoms. The number of halogens is 1. The summed E-state index contributed by atoms with van der Waals surface area (Å²) in [4.78, 5) is 33.7. The second-order valence-corrected chi connectivity index (χ2v) is 9.25. The van der Waals surface area contributed by atoms with Crippen LogP contribution in [-0.2, 0) is 19.0 Å². The van der Waals surface area contributed by atoms with Gasteiger partial charge >= 0.3 is 0 Å². The molecule has 0 bridgehead atoms. The first kappa shape index (κ1) is 26.4. The number of H-pyrrole nitrogens is 1. The number of amides is 1. The van der Waals surface area contributed by atoms with Crippen LogP contribution >= 0.6 is 0 Å². The van der Waals surface area contributed by atoms with Gasteiger partial charge in [-0.15, -0.1) is 0 Å². The molecule has 5 rings (SSSR count). The average molecular weight is 534 g/mol. The summed E-state index contributed by atoms with van der Waals surface area (Å²) < 4.78 is 30.6. The Balaban J connectivity index is 1.41. The fourth-order valence-electron chi connectivity index (χ4n) is 4.01. The number of imidazole rings is 1. The number of aromatic nitrogens is 5. The van der Waals surface area contributed by atoms with Crippen LogP contribution < -0.4 is 10.6 Å². The smallest absolute Gasteiger partial charge is 0.230 e. The lowest BCUT2D eigenvalue weighted by molar-refractivity contribution is -0.231. The maximum Gasteiger partial charge on any atom is 0.230 e. The summed E-state index contributed by atoms with van der Waals surface area (Å²) in [6, 6.07) is 11.4. The number of pyridine rings is 1. The quantitative estimate of drug-likeness (QED) is 0.276. The Morgan fingerprint density at radius 3 is 2.67 bits per heavy atom. The Morgan fingerprint density at radius 2 is 1.95 bits per heavy atom. The normalized spacial score (nSPS) is 19.0. The minimum atomic E-state index is -0.862. The van der Waals surface area contributed by atoms with Gasteiger partial charge in [-0.1, -0.05) is 0 Å². The van der Waals surface area contributed by atoms with Gasteiger partial charge < -0.3 is 29.8 Å². The van der Waals surface area contributed by atoms with Gasteiger partial charge in [0, 0.05) is 31.6 Å². The van der Waals surface area contributed by atoms with Gasteiger partial charge in [0.1, 0.15) is 5.82 Å². The molecule has 3 N–H and O–H groups in total. The number of ether oxygens (including phenoxy) is 3. The fraction of sp³-hybridized carbons (Fsp3) is 0.296. The molecule has 1 aliphatic heterocycles. The number of nitrogens with zero attached hydrogens (tertiary/aromatic N) is 4. The van der Waals surface area contributed by atoms with Crippen LogP contribution in [0.3, 0.4) is 0 Å². The van der Waals surface area contributed by atoms with Crippen molar-refractivity contribution < 1.29 is 23.4 Å². The first-order valence-corrected chi connectivity index (χ1v) is 12.3. The second-order valence-electron chi connectivity index (χ2n) is 9.25. The van der Waals surface area contributed by atoms with E-state index in [1.165, 1.54) is 12.1 Å². The summed E-state index contributed by atoms with van der Waals surface area (Å²) in [6.45, 7) is 2.85. The van der Waals surface area contributed by atoms with Crippen molar-refractivity contribution in [3.05, 3.63) is 72.7 Å². The van der Waals surface area contributed by atoms with Crippen LogP contribution in [0.5, 0.6) is 0 Å². The van der Waals surface area contributed by atoms with Crippen LogP contribution in [0.15, 0.2) is 61.1 Å². The summed E-state index contributed by atoms with van der Waals surface area (Å²) in [6.07, 6.45) is 4.12. The van der Waals surface area contributed by atoms with Crippen molar-refractivity contribution in [3.63, 3.8) is 0 Å². The molecule has 202 valence electrons. The maximum absolute atomic E-state index is 13.7. The molecular formula is C27H28FN7O4. The molecule has 4 aromatic rings. The third-order valence-corrected chi connectivity index (χ3v) is 6.14.